The molecule has 21 heteroatoms. The van der Waals surface area contributed by atoms with E-state index in [0.29, 0.717) is 117 Å². The number of carbonyl (C=O) groups excluding carboxylic acids is 3. The van der Waals surface area contributed by atoms with Gasteiger partial charge < -0.3 is 45.6 Å². The van der Waals surface area contributed by atoms with Crippen molar-refractivity contribution in [2.75, 3.05) is 25.2 Å². The Hall–Kier alpha value is -4.88. The Morgan fingerprint density at radius 1 is 0.403 bits per heavy atom. The van der Waals surface area contributed by atoms with Crippen LogP contribution in [0.15, 0.2) is 152 Å². The molecule has 1 heterocycles. The molecule has 0 bridgehead atoms. The van der Waals surface area contributed by atoms with Gasteiger partial charge in [0.15, 0.2) is 29.5 Å². The van der Waals surface area contributed by atoms with E-state index in [0.717, 1.165) is 193 Å². The Morgan fingerprint density at radius 3 is 1.01 bits per heavy atom. The molecule has 3 aromatic carbocycles. The molecule has 13 fully saturated rings. The summed E-state index contributed by atoms with van der Waals surface area (Å²) < 4.78 is 276. The minimum Gasteiger partial charge on any atom is -0.400 e. The number of hydrogen-bond acceptors (Lipinski definition) is 18. The van der Waals surface area contributed by atoms with Gasteiger partial charge in [0.1, 0.15) is 17.3 Å². The summed E-state index contributed by atoms with van der Waals surface area (Å²) in [7, 11) is -9.38. The number of epoxide rings is 1. The molecular weight excluding hydrogens is 1920 g/mol. The van der Waals surface area contributed by atoms with E-state index in [1.165, 1.54) is 35.1 Å². The fourth-order valence-corrected chi connectivity index (χ4v) is 42.6. The molecule has 18 nitrogen and oxygen atoms in total. The summed E-state index contributed by atoms with van der Waals surface area (Å²) in [5.41, 5.74) is 0.666. The Labute approximate surface area is 960 Å². The van der Waals surface area contributed by atoms with Crippen LogP contribution in [0.25, 0.3) is 0 Å². The second-order valence-corrected chi connectivity index (χ2v) is 62.1. The van der Waals surface area contributed by atoms with Gasteiger partial charge in [0.2, 0.25) is 0 Å². The van der Waals surface area contributed by atoms with Crippen LogP contribution < -0.4 is 0 Å². The van der Waals surface area contributed by atoms with Gasteiger partial charge in [0.05, 0.1) is 83.4 Å². The quantitative estimate of drug-likeness (QED) is 0.0342. The maximum absolute atomic E-state index is 14.2. The summed E-state index contributed by atoms with van der Waals surface area (Å²) in [4.78, 5) is 43.1. The first kappa shape index (κ1) is 95.2. The second kappa shape index (κ2) is 43.7. The average Bonchev–Trinajstić information content (AvgIpc) is 1.48. The van der Waals surface area contributed by atoms with E-state index in [1.807, 2.05) is 32.0 Å². The lowest BCUT2D eigenvalue weighted by atomic mass is 9.45. The van der Waals surface area contributed by atoms with Gasteiger partial charge in [0.25, 0.3) is 0 Å². The maximum Gasteiger partial charge on any atom is 0.181 e. The summed E-state index contributed by atoms with van der Waals surface area (Å²) in [6.45, 7) is 47.7. The van der Waals surface area contributed by atoms with Crippen molar-refractivity contribution in [1.29, 1.82) is 0 Å². The third-order valence-electron chi connectivity index (χ3n) is 45.5. The van der Waals surface area contributed by atoms with E-state index in [9.17, 15) is 75.4 Å². The van der Waals surface area contributed by atoms with E-state index in [-0.39, 0.29) is 141 Å². The van der Waals surface area contributed by atoms with Crippen molar-refractivity contribution >= 4 is 46.9 Å². The number of Topliss-reactive ketones (excluding diaryl/α,β-unsaturated/α-hetero) is 3. The zero-order valence-corrected chi connectivity index (χ0v) is 97.4. The molecule has 0 aromatic heterocycles. The highest BCUT2D eigenvalue weighted by Crippen LogP contribution is 2.74. The minimum absolute atomic E-state index is 0. The van der Waals surface area contributed by atoms with Gasteiger partial charge in [-0.2, -0.15) is 0 Å². The van der Waals surface area contributed by atoms with Crippen molar-refractivity contribution in [2.24, 2.45) is 162 Å². The minimum atomic E-state index is -3.69. The lowest BCUT2D eigenvalue weighted by molar-refractivity contribution is -0.148. The Bertz CT molecular complexity index is 5850. The molecule has 0 radical (unpaired) electrons. The number of rotatable bonds is 22. The number of carbonyl (C=O) groups is 3. The van der Waals surface area contributed by atoms with Gasteiger partial charge in [-0.15, -0.1) is 0 Å². The zero-order valence-electron chi connectivity index (χ0n) is 133. The maximum atomic E-state index is 14.2. The van der Waals surface area contributed by atoms with Crippen molar-refractivity contribution in [3.63, 3.8) is 0 Å². The molecule has 0 spiro atoms. The number of aliphatic hydroxyl groups is 8. The number of aliphatic hydroxyl groups excluding tert-OH is 2. The van der Waals surface area contributed by atoms with E-state index >= 15 is 0 Å². The molecule has 20 rings (SSSR count). The summed E-state index contributed by atoms with van der Waals surface area (Å²) in [6, 6.07) is 26.3. The van der Waals surface area contributed by atoms with Gasteiger partial charge in [-0.05, 0) is 427 Å². The van der Waals surface area contributed by atoms with Crippen LogP contribution in [0.4, 0.5) is 0 Å². The molecule has 876 valence electrons. The molecule has 1 aliphatic heterocycles. The number of hydrogen-bond donors (Lipinski definition) is 8. The predicted octanol–water partition coefficient (Wildman–Crippen LogP) is 30.3. The molecule has 1 unspecified atom stereocenters. The molecule has 1 saturated heterocycles. The normalized spacial score (nSPS) is 42.5. The van der Waals surface area contributed by atoms with Crippen LogP contribution in [-0.2, 0) is 48.6 Å². The van der Waals surface area contributed by atoms with Crippen LogP contribution in [0.2, 0.25) is 0 Å². The van der Waals surface area contributed by atoms with E-state index in [4.69, 9.17) is 66.3 Å². The van der Waals surface area contributed by atoms with Crippen LogP contribution in [0.3, 0.4) is 0 Å². The van der Waals surface area contributed by atoms with Crippen LogP contribution >= 0.6 is 0 Å². The van der Waals surface area contributed by atoms with Gasteiger partial charge in [-0.1, -0.05) is 219 Å². The van der Waals surface area contributed by atoms with Crippen molar-refractivity contribution in [3.8, 4) is 0 Å². The second-order valence-electron chi connectivity index (χ2n) is 55.8. The summed E-state index contributed by atoms with van der Waals surface area (Å²) >= 11 is 0. The molecule has 8 N–H and O–H groups in total. The van der Waals surface area contributed by atoms with Crippen LogP contribution in [-0.4, -0.2) is 159 Å². The first-order chi connectivity index (χ1) is 88.0. The molecular formula is C128H238O18S3. The number of sulfone groups is 3. The number of ketones is 3. The van der Waals surface area contributed by atoms with Crippen LogP contribution in [0.5, 0.6) is 0 Å². The highest BCUT2D eigenvalue weighted by molar-refractivity contribution is 7.92. The summed E-state index contributed by atoms with van der Waals surface area (Å²) in [6.07, 6.45) is 39.0. The van der Waals surface area contributed by atoms with Gasteiger partial charge in [-0.3, -0.25) is 14.4 Å². The average molecular weight is 2200 g/mol. The predicted molar refractivity (Wildman–Crippen MR) is 639 cm³/mol. The SMILES string of the molecule is C.CC1(C)CO1.CC[C@]1(O)CC[C@@]2(C)C(=CC[C@@H]3[C@@H]2[C@@H](O)C[C@]2(C)[C@@H]([C@H](C)CS(=O)(=O)c4ccccc4)CC[C@@H]32)C1.CC[C@]1(O)CC[C@@]2(C)C(=CC[C@H]3[C@@H]4CC[C@H]([C@H](C)C(CC(C)(C)O)S(=O)(=O)c5ccccc5)[C@@]4(C)CC(=O)[C@@H]32)C1.CC[C@]1(O)CC[C@@]2(C)C(=CC[C@H]3[C@@H]4CC[C@H]([C@H](C)CCC(C)(C)O)[C@@]4(C)CC(=O)[C@@H]32)C1.CC[C@]1(O)CC[C@@]2(C)C(=CC[C@H]3[C@@H]4CC[C@H]([C@H](C)CS(=O)(=O)c5ccccc5)[C@@]4(C)CC(=O)[C@@H]32)C1.CO.[2HH].[2H][2H].[2H][2H].[2H][2H].[2H][2H].[2H][2H].[2H][2H].[2H][2H].[2H][2H].[2H][2H].[2H][2H].[2H][2H].[2H][2H].[2H][2H].[2H][2H].[2H][2H].[2H][2H].[2H][2H].[2H][2H].[2H][2H]. The number of fused-ring (bicyclic) bond motifs is 20. The lowest BCUT2D eigenvalue weighted by Gasteiger charge is -2.61. The van der Waals surface area contributed by atoms with Crippen LogP contribution in [0, 0.1) is 162 Å². The standard InChI is InChI=1S/C34H50O5S.C30H44O4S.C30H42O4S.C28H46O3.C4H8O.CH4O.CH4.20H2/c1-7-34(37)18-17-32(5)23(19-34)13-14-25-27-16-15-26(33(27,6)20-28(35)30(25)32)22(2)29(21-31(3,4)36)40(38,39)24-11-9-8-10-12-24;2*1-5-30(32)16-15-28(3)21(17-30)11-12-23-25-14-13-24(29(25,4)18-26(31)27(23)28)20(2)19-35(33,34)22-9-7-6-8-10-22;1-7-28(31)15-14-26(5)19(16-28)8-9-20-22-11-10-21(18(2)12-13-25(3,4)30)27(22,6)17-23(29)24(20)26;1-4(2)3-5-4;1-2;;;;;;;;;;;;;;;;;;;;;/h8-13,22,25-27,29-30,36-37H,7,14-21H2,1-6H3;6-11,20,23-27,31-32H,5,12-19H2,1-4H3;6-11,20,23-25,27,32H,5,12-19H2,1-4H3;8,18,20-22,24,30-31H,7,9-17H2,1-6H3;3H2,1-2H3;2H,1H3;1H4;20*1H/t22-,25-,26+,27-,29?,30+,32-,33+,34-;20-,23+,24-,25+,26+,27-,28+,29-,30+;20-,23+,24-,25+,27-,28+,29-,30+;18-,20+,21-,22+,24-,26+,27-,28+;;;;;;;;;;;;;;;;;;;;;;;/m0111......................./s1/i;;;;;;;19*1+1D;1+1. The summed E-state index contributed by atoms with van der Waals surface area (Å²) in [5.74, 6) is 7.07. The van der Waals surface area contributed by atoms with E-state index in [2.05, 4.69) is 149 Å². The molecule has 0 amide bonds. The molecule has 16 aliphatic carbocycles. The zero-order chi connectivity index (χ0) is 146. The first-order valence-electron chi connectivity index (χ1n) is 77.3. The lowest BCUT2D eigenvalue weighted by Crippen LogP contribution is -2.57. The number of ether oxygens (including phenoxy) is 1. The number of benzene rings is 3. The van der Waals surface area contributed by atoms with Crippen molar-refractivity contribution in [1.82, 2.24) is 0 Å². The fraction of sp³-hybridized carbons (Fsp3) is 0.773. The van der Waals surface area contributed by atoms with Crippen molar-refractivity contribution in [2.45, 2.75) is 450 Å². The molecule has 12 saturated carbocycles. The third kappa shape index (κ3) is 22.9. The summed E-state index contributed by atoms with van der Waals surface area (Å²) in [5, 5.41) is 83.0. The van der Waals surface area contributed by atoms with Gasteiger partial charge in [-0.25, -0.2) is 25.3 Å². The van der Waals surface area contributed by atoms with Gasteiger partial charge >= 0.3 is 0 Å². The first-order valence-corrected chi connectivity index (χ1v) is 63.1. The Kier molecular flexibility index (Phi) is 27.9. The van der Waals surface area contributed by atoms with Crippen molar-refractivity contribution < 1.29 is 143 Å². The molecule has 17 aliphatic rings. The highest BCUT2D eigenvalue weighted by atomic mass is 32.2. The monoisotopic (exact) mass is 2200 g/mol. The number of allylic oxidation sites excluding steroid dienone is 4. The van der Waals surface area contributed by atoms with E-state index in [1.54, 1.807) is 86.6 Å². The molecule has 3 aromatic rings. The molecule has 149 heavy (non-hydrogen) atoms. The highest BCUT2D eigenvalue weighted by Gasteiger charge is 2.70. The Balaban J connectivity index is -0.000000419. The third-order valence-corrected chi connectivity index (χ3v) is 51.7. The van der Waals surface area contributed by atoms with Crippen LogP contribution in [0.1, 0.15) is 442 Å². The fourth-order valence-electron chi connectivity index (χ4n) is 36.9. The molecule has 34 atom stereocenters. The smallest absolute Gasteiger partial charge is 0.181 e. The van der Waals surface area contributed by atoms with Crippen molar-refractivity contribution in [3.05, 3.63) is 138 Å². The van der Waals surface area contributed by atoms with Gasteiger partial charge in [0, 0.05) is 102 Å². The topological polar surface area (TPSA) is 328 Å². The largest absolute Gasteiger partial charge is 0.400 e. The van der Waals surface area contributed by atoms with E-state index < -0.39 is 68.4 Å². The Morgan fingerprint density at radius 2 is 0.691 bits per heavy atom.